The largest absolute Gasteiger partial charge is 0.337 e. The summed E-state index contributed by atoms with van der Waals surface area (Å²) in [5.41, 5.74) is 2.44. The van der Waals surface area contributed by atoms with Crippen molar-refractivity contribution >= 4 is 16.1 Å². The Bertz CT molecular complexity index is 586. The first-order valence-corrected chi connectivity index (χ1v) is 8.41. The van der Waals surface area contributed by atoms with Crippen LogP contribution in [0.5, 0.6) is 0 Å². The third kappa shape index (κ3) is 4.21. The third-order valence-electron chi connectivity index (χ3n) is 3.21. The number of aryl methyl sites for hydroxylation is 1. The lowest BCUT2D eigenvalue weighted by Crippen LogP contribution is -2.41. The topological polar surface area (TPSA) is 87.3 Å². The SMILES string of the molecule is CS(=O)(=O)NCCNC(=O)NC1CCc2ccccc21. The first-order valence-electron chi connectivity index (χ1n) is 6.52. The van der Waals surface area contributed by atoms with Gasteiger partial charge >= 0.3 is 6.03 Å². The standard InChI is InChI=1S/C13H19N3O3S/c1-20(18,19)15-9-8-14-13(17)16-12-7-6-10-4-2-3-5-11(10)12/h2-5,12,15H,6-9H2,1H3,(H2,14,16,17). The van der Waals surface area contributed by atoms with Gasteiger partial charge in [0.2, 0.25) is 10.0 Å². The van der Waals surface area contributed by atoms with Crippen LogP contribution >= 0.6 is 0 Å². The number of rotatable bonds is 5. The van der Waals surface area contributed by atoms with Crippen molar-refractivity contribution in [3.05, 3.63) is 35.4 Å². The Hall–Kier alpha value is -1.60. The summed E-state index contributed by atoms with van der Waals surface area (Å²) in [6.07, 6.45) is 2.95. The van der Waals surface area contributed by atoms with Crippen LogP contribution in [0.3, 0.4) is 0 Å². The number of urea groups is 1. The lowest BCUT2D eigenvalue weighted by Gasteiger charge is -2.14. The molecule has 0 radical (unpaired) electrons. The van der Waals surface area contributed by atoms with Crippen LogP contribution in [-0.4, -0.2) is 33.8 Å². The molecule has 110 valence electrons. The molecular formula is C13H19N3O3S. The van der Waals surface area contributed by atoms with Gasteiger partial charge in [-0.25, -0.2) is 17.9 Å². The fourth-order valence-corrected chi connectivity index (χ4v) is 2.80. The maximum absolute atomic E-state index is 11.7. The zero-order valence-electron chi connectivity index (χ0n) is 11.3. The van der Waals surface area contributed by atoms with E-state index in [0.717, 1.165) is 24.7 Å². The maximum Gasteiger partial charge on any atom is 0.315 e. The van der Waals surface area contributed by atoms with Gasteiger partial charge in [-0.15, -0.1) is 0 Å². The van der Waals surface area contributed by atoms with Crippen LogP contribution in [0.15, 0.2) is 24.3 Å². The summed E-state index contributed by atoms with van der Waals surface area (Å²) in [4.78, 5) is 11.7. The van der Waals surface area contributed by atoms with E-state index in [0.29, 0.717) is 0 Å². The van der Waals surface area contributed by atoms with Crippen LogP contribution in [0.4, 0.5) is 4.79 Å². The summed E-state index contributed by atoms with van der Waals surface area (Å²) >= 11 is 0. The number of hydrogen-bond acceptors (Lipinski definition) is 3. The normalized spacial score (nSPS) is 17.6. The lowest BCUT2D eigenvalue weighted by atomic mass is 10.1. The van der Waals surface area contributed by atoms with E-state index < -0.39 is 10.0 Å². The number of benzene rings is 1. The summed E-state index contributed by atoms with van der Waals surface area (Å²) in [5.74, 6) is 0. The minimum atomic E-state index is -3.21. The average Bonchev–Trinajstić information content (AvgIpc) is 2.77. The first-order chi connectivity index (χ1) is 9.46. The minimum absolute atomic E-state index is 0.0362. The molecule has 0 heterocycles. The molecule has 7 heteroatoms. The molecule has 1 aliphatic rings. The van der Waals surface area contributed by atoms with Crippen LogP contribution in [0.1, 0.15) is 23.6 Å². The number of sulfonamides is 1. The van der Waals surface area contributed by atoms with E-state index in [1.54, 1.807) is 0 Å². The molecule has 1 aromatic rings. The maximum atomic E-state index is 11.7. The Morgan fingerprint density at radius 1 is 1.30 bits per heavy atom. The van der Waals surface area contributed by atoms with E-state index in [-0.39, 0.29) is 25.2 Å². The summed E-state index contributed by atoms with van der Waals surface area (Å²) in [6, 6.07) is 7.82. The zero-order chi connectivity index (χ0) is 14.6. The van der Waals surface area contributed by atoms with Crippen LogP contribution in [-0.2, 0) is 16.4 Å². The van der Waals surface area contributed by atoms with E-state index in [1.807, 2.05) is 18.2 Å². The first kappa shape index (κ1) is 14.8. The van der Waals surface area contributed by atoms with E-state index in [4.69, 9.17) is 0 Å². The summed E-state index contributed by atoms with van der Waals surface area (Å²) < 4.78 is 24.0. The van der Waals surface area contributed by atoms with Crippen molar-refractivity contribution in [1.82, 2.24) is 15.4 Å². The molecule has 3 N–H and O–H groups in total. The molecule has 0 aliphatic heterocycles. The zero-order valence-corrected chi connectivity index (χ0v) is 12.2. The summed E-state index contributed by atoms with van der Waals surface area (Å²) in [5, 5.41) is 5.54. The molecule has 0 aromatic heterocycles. The highest BCUT2D eigenvalue weighted by Crippen LogP contribution is 2.30. The molecular weight excluding hydrogens is 278 g/mol. The van der Waals surface area contributed by atoms with Gasteiger partial charge in [0, 0.05) is 13.1 Å². The number of carbonyl (C=O) groups is 1. The van der Waals surface area contributed by atoms with Crippen molar-refractivity contribution in [1.29, 1.82) is 0 Å². The van der Waals surface area contributed by atoms with Gasteiger partial charge in [-0.1, -0.05) is 24.3 Å². The van der Waals surface area contributed by atoms with E-state index in [1.165, 1.54) is 5.56 Å². The predicted molar refractivity (Wildman–Crippen MR) is 76.9 cm³/mol. The molecule has 2 rings (SSSR count). The second-order valence-corrected chi connectivity index (χ2v) is 6.69. The Morgan fingerprint density at radius 3 is 2.80 bits per heavy atom. The second-order valence-electron chi connectivity index (χ2n) is 4.86. The van der Waals surface area contributed by atoms with Gasteiger partial charge in [0.1, 0.15) is 0 Å². The molecule has 6 nitrogen and oxygen atoms in total. The van der Waals surface area contributed by atoms with Crippen LogP contribution in [0.2, 0.25) is 0 Å². The van der Waals surface area contributed by atoms with Gasteiger partial charge in [0.15, 0.2) is 0 Å². The molecule has 2 amide bonds. The van der Waals surface area contributed by atoms with Crippen molar-refractivity contribution in [3.63, 3.8) is 0 Å². The molecule has 0 saturated carbocycles. The van der Waals surface area contributed by atoms with Crippen LogP contribution < -0.4 is 15.4 Å². The number of hydrogen-bond donors (Lipinski definition) is 3. The van der Waals surface area contributed by atoms with Crippen molar-refractivity contribution in [2.45, 2.75) is 18.9 Å². The van der Waals surface area contributed by atoms with Crippen LogP contribution in [0, 0.1) is 0 Å². The van der Waals surface area contributed by atoms with Crippen molar-refractivity contribution in [2.75, 3.05) is 19.3 Å². The van der Waals surface area contributed by atoms with Crippen molar-refractivity contribution in [2.24, 2.45) is 0 Å². The highest BCUT2D eigenvalue weighted by Gasteiger charge is 2.22. The molecule has 0 bridgehead atoms. The number of carbonyl (C=O) groups excluding carboxylic acids is 1. The highest BCUT2D eigenvalue weighted by atomic mass is 32.2. The summed E-state index contributed by atoms with van der Waals surface area (Å²) in [6.45, 7) is 0.445. The molecule has 0 saturated heterocycles. The predicted octanol–water partition coefficient (Wildman–Crippen LogP) is 0.522. The molecule has 1 unspecified atom stereocenters. The number of fused-ring (bicyclic) bond motifs is 1. The minimum Gasteiger partial charge on any atom is -0.337 e. The van der Waals surface area contributed by atoms with E-state index in [9.17, 15) is 13.2 Å². The fraction of sp³-hybridized carbons (Fsp3) is 0.462. The number of nitrogens with one attached hydrogen (secondary N) is 3. The Balaban J connectivity index is 1.76. The Morgan fingerprint density at radius 2 is 2.05 bits per heavy atom. The Kier molecular flexibility index (Phi) is 4.61. The Labute approximate surface area is 119 Å². The average molecular weight is 297 g/mol. The molecule has 0 spiro atoms. The monoisotopic (exact) mass is 297 g/mol. The smallest absolute Gasteiger partial charge is 0.315 e. The number of amides is 2. The summed E-state index contributed by atoms with van der Waals surface area (Å²) in [7, 11) is -3.21. The van der Waals surface area contributed by atoms with Gasteiger partial charge in [-0.05, 0) is 24.0 Å². The van der Waals surface area contributed by atoms with Crippen molar-refractivity contribution < 1.29 is 13.2 Å². The third-order valence-corrected chi connectivity index (χ3v) is 3.94. The van der Waals surface area contributed by atoms with Gasteiger partial charge in [-0.3, -0.25) is 0 Å². The highest BCUT2D eigenvalue weighted by molar-refractivity contribution is 7.88. The van der Waals surface area contributed by atoms with E-state index in [2.05, 4.69) is 21.4 Å². The second kappa shape index (κ2) is 6.23. The molecule has 1 atom stereocenters. The lowest BCUT2D eigenvalue weighted by molar-refractivity contribution is 0.237. The molecule has 0 fully saturated rings. The quantitative estimate of drug-likeness (QED) is 0.693. The van der Waals surface area contributed by atoms with Crippen molar-refractivity contribution in [3.8, 4) is 0 Å². The van der Waals surface area contributed by atoms with E-state index >= 15 is 0 Å². The molecule has 1 aliphatic carbocycles. The molecule has 20 heavy (non-hydrogen) atoms. The fourth-order valence-electron chi connectivity index (χ4n) is 2.33. The molecule has 1 aromatic carbocycles. The van der Waals surface area contributed by atoms with Gasteiger partial charge in [-0.2, -0.15) is 0 Å². The van der Waals surface area contributed by atoms with Gasteiger partial charge < -0.3 is 10.6 Å². The van der Waals surface area contributed by atoms with Crippen LogP contribution in [0.25, 0.3) is 0 Å². The van der Waals surface area contributed by atoms with Gasteiger partial charge in [0.05, 0.1) is 12.3 Å². The van der Waals surface area contributed by atoms with Gasteiger partial charge in [0.25, 0.3) is 0 Å².